The molecule has 2 aliphatic rings. The molecule has 9 nitrogen and oxygen atoms in total. The number of Topliss-reactive ketones (excluding diaryl/α,β-unsaturated/α-hetero) is 1. The zero-order valence-corrected chi connectivity index (χ0v) is 20.6. The average molecular weight is 474 g/mol. The van der Waals surface area contributed by atoms with Crippen LogP contribution >= 0.6 is 0 Å². The van der Waals surface area contributed by atoms with E-state index in [2.05, 4.69) is 5.32 Å². The Labute approximate surface area is 199 Å². The van der Waals surface area contributed by atoms with E-state index in [-0.39, 0.29) is 23.9 Å². The van der Waals surface area contributed by atoms with Gasteiger partial charge in [0.1, 0.15) is 5.92 Å². The molecular formula is C25H31NO8. The highest BCUT2D eigenvalue weighted by atomic mass is 16.5. The van der Waals surface area contributed by atoms with Crippen LogP contribution in [0.2, 0.25) is 0 Å². The zero-order chi connectivity index (χ0) is 25.2. The predicted molar refractivity (Wildman–Crippen MR) is 123 cm³/mol. The van der Waals surface area contributed by atoms with Gasteiger partial charge in [0.2, 0.25) is 5.75 Å². The number of ketones is 1. The number of hydrogen-bond acceptors (Lipinski definition) is 9. The van der Waals surface area contributed by atoms with Gasteiger partial charge in [-0.25, -0.2) is 4.79 Å². The topological polar surface area (TPSA) is 109 Å². The Hall–Kier alpha value is -3.49. The molecule has 3 atom stereocenters. The molecule has 34 heavy (non-hydrogen) atoms. The lowest BCUT2D eigenvalue weighted by molar-refractivity contribution is -0.151. The van der Waals surface area contributed by atoms with Crippen LogP contribution < -0.4 is 19.5 Å². The fourth-order valence-corrected chi connectivity index (χ4v) is 4.76. The number of hydrogen-bond donors (Lipinski definition) is 1. The van der Waals surface area contributed by atoms with E-state index in [4.69, 9.17) is 23.7 Å². The van der Waals surface area contributed by atoms with Crippen LogP contribution in [0.5, 0.6) is 17.2 Å². The average Bonchev–Trinajstić information content (AvgIpc) is 2.81. The number of carbonyl (C=O) groups is 3. The number of dihydropyridines is 1. The molecule has 0 saturated heterocycles. The number of benzene rings is 1. The van der Waals surface area contributed by atoms with E-state index in [9.17, 15) is 14.4 Å². The minimum atomic E-state index is -0.975. The third-order valence-corrected chi connectivity index (χ3v) is 6.26. The summed E-state index contributed by atoms with van der Waals surface area (Å²) in [5.74, 6) is -2.47. The molecule has 0 unspecified atom stereocenters. The van der Waals surface area contributed by atoms with E-state index < -0.39 is 23.8 Å². The van der Waals surface area contributed by atoms with Crippen LogP contribution in [0.3, 0.4) is 0 Å². The van der Waals surface area contributed by atoms with Gasteiger partial charge < -0.3 is 29.0 Å². The summed E-state index contributed by atoms with van der Waals surface area (Å²) in [5, 5.41) is 3.22. The fourth-order valence-electron chi connectivity index (χ4n) is 4.76. The maximum atomic E-state index is 13.8. The molecule has 0 radical (unpaired) electrons. The van der Waals surface area contributed by atoms with Gasteiger partial charge in [0.25, 0.3) is 0 Å². The van der Waals surface area contributed by atoms with Gasteiger partial charge >= 0.3 is 11.9 Å². The van der Waals surface area contributed by atoms with E-state index in [0.717, 1.165) is 0 Å². The first-order valence-electron chi connectivity index (χ1n) is 11.0. The van der Waals surface area contributed by atoms with E-state index in [1.54, 1.807) is 26.0 Å². The van der Waals surface area contributed by atoms with Crippen molar-refractivity contribution in [1.29, 1.82) is 0 Å². The van der Waals surface area contributed by atoms with Gasteiger partial charge in [0.05, 0.1) is 40.6 Å². The van der Waals surface area contributed by atoms with Gasteiger partial charge in [-0.2, -0.15) is 0 Å². The highest BCUT2D eigenvalue weighted by Crippen LogP contribution is 2.48. The Morgan fingerprint density at radius 3 is 2.18 bits per heavy atom. The van der Waals surface area contributed by atoms with Crippen LogP contribution in [0.15, 0.2) is 34.7 Å². The number of esters is 2. The maximum absolute atomic E-state index is 13.8. The monoisotopic (exact) mass is 473 g/mol. The Bertz CT molecular complexity index is 1050. The maximum Gasteiger partial charge on any atom is 0.336 e. The van der Waals surface area contributed by atoms with Crippen molar-refractivity contribution < 1.29 is 38.1 Å². The summed E-state index contributed by atoms with van der Waals surface area (Å²) in [4.78, 5) is 39.4. The molecule has 1 N–H and O–H groups in total. The Morgan fingerprint density at radius 2 is 1.68 bits per heavy atom. The Morgan fingerprint density at radius 1 is 1.06 bits per heavy atom. The summed E-state index contributed by atoms with van der Waals surface area (Å²) in [6, 6.07) is 3.40. The van der Waals surface area contributed by atoms with Crippen LogP contribution in [0.4, 0.5) is 0 Å². The van der Waals surface area contributed by atoms with Crippen LogP contribution in [-0.2, 0) is 23.9 Å². The van der Waals surface area contributed by atoms with Crippen molar-refractivity contribution in [1.82, 2.24) is 5.32 Å². The van der Waals surface area contributed by atoms with Crippen molar-refractivity contribution in [3.05, 3.63) is 40.2 Å². The first-order chi connectivity index (χ1) is 16.2. The molecule has 1 aromatic rings. The molecule has 184 valence electrons. The third kappa shape index (κ3) is 4.22. The second kappa shape index (κ2) is 10.2. The minimum absolute atomic E-state index is 0.166. The zero-order valence-electron chi connectivity index (χ0n) is 20.6. The summed E-state index contributed by atoms with van der Waals surface area (Å²) in [7, 11) is 5.73. The predicted octanol–water partition coefficient (Wildman–Crippen LogP) is 2.89. The first kappa shape index (κ1) is 25.1. The summed E-state index contributed by atoms with van der Waals surface area (Å²) in [5.41, 5.74) is 2.42. The second-order valence-corrected chi connectivity index (χ2v) is 8.21. The van der Waals surface area contributed by atoms with Crippen molar-refractivity contribution in [2.75, 3.05) is 35.0 Å². The van der Waals surface area contributed by atoms with Crippen molar-refractivity contribution in [2.45, 2.75) is 33.1 Å². The number of methoxy groups -OCH3 is 4. The summed E-state index contributed by atoms with van der Waals surface area (Å²) in [6.07, 6.45) is 0.440. The molecule has 1 aliphatic heterocycles. The summed E-state index contributed by atoms with van der Waals surface area (Å²) >= 11 is 0. The molecule has 3 rings (SSSR count). The third-order valence-electron chi connectivity index (χ3n) is 6.26. The quantitative estimate of drug-likeness (QED) is 0.472. The van der Waals surface area contributed by atoms with Crippen LogP contribution in [0.25, 0.3) is 0 Å². The lowest BCUT2D eigenvalue weighted by Gasteiger charge is -2.38. The van der Waals surface area contributed by atoms with Crippen molar-refractivity contribution >= 4 is 17.7 Å². The Balaban J connectivity index is 2.29. The molecule has 0 bridgehead atoms. The molecule has 0 aromatic heterocycles. The number of nitrogens with one attached hydrogen (secondary N) is 1. The van der Waals surface area contributed by atoms with E-state index >= 15 is 0 Å². The lowest BCUT2D eigenvalue weighted by Crippen LogP contribution is -2.43. The van der Waals surface area contributed by atoms with Gasteiger partial charge in [-0.3, -0.25) is 9.59 Å². The first-order valence-corrected chi connectivity index (χ1v) is 11.0. The largest absolute Gasteiger partial charge is 0.493 e. The minimum Gasteiger partial charge on any atom is -0.493 e. The second-order valence-electron chi connectivity index (χ2n) is 8.21. The number of allylic oxidation sites excluding steroid dienone is 3. The summed E-state index contributed by atoms with van der Waals surface area (Å²) < 4.78 is 26.7. The standard InChI is InChI=1S/C25H31NO8/c1-8-34-25(29)19-13(3)26-15-9-12(2)18(24(28)33-7)22(27)21(15)20(19)14-10-16(30-4)23(32-6)17(11-14)31-5/h10-12,18,20,26H,8-9H2,1-7H3/t12-,18-,20-/m1/s1. The van der Waals surface area contributed by atoms with Crippen molar-refractivity contribution in [3.63, 3.8) is 0 Å². The smallest absolute Gasteiger partial charge is 0.336 e. The number of ether oxygens (including phenoxy) is 5. The van der Waals surface area contributed by atoms with Gasteiger partial charge in [-0.15, -0.1) is 0 Å². The molecule has 0 amide bonds. The fraction of sp³-hybridized carbons (Fsp3) is 0.480. The molecule has 1 aliphatic carbocycles. The van der Waals surface area contributed by atoms with Crippen LogP contribution in [0, 0.1) is 11.8 Å². The molecular weight excluding hydrogens is 442 g/mol. The molecule has 0 saturated carbocycles. The van der Waals surface area contributed by atoms with Crippen molar-refractivity contribution in [2.24, 2.45) is 11.8 Å². The van der Waals surface area contributed by atoms with Gasteiger partial charge in [-0.1, -0.05) is 6.92 Å². The highest BCUT2D eigenvalue weighted by Gasteiger charge is 2.47. The van der Waals surface area contributed by atoms with Crippen LogP contribution in [0.1, 0.15) is 38.7 Å². The molecule has 1 aromatic carbocycles. The highest BCUT2D eigenvalue weighted by molar-refractivity contribution is 6.12. The SMILES string of the molecule is CCOC(=O)C1=C(C)NC2=C(C(=O)[C@H](C(=O)OC)[C@H](C)C2)[C@@H]1c1cc(OC)c(OC)c(OC)c1. The number of rotatable bonds is 7. The van der Waals surface area contributed by atoms with E-state index in [1.165, 1.54) is 28.4 Å². The lowest BCUT2D eigenvalue weighted by atomic mass is 9.69. The van der Waals surface area contributed by atoms with Gasteiger partial charge in [0.15, 0.2) is 17.3 Å². The van der Waals surface area contributed by atoms with Crippen LogP contribution in [-0.4, -0.2) is 52.8 Å². The van der Waals surface area contributed by atoms with E-state index in [1.807, 2.05) is 6.92 Å². The Kier molecular flexibility index (Phi) is 7.54. The summed E-state index contributed by atoms with van der Waals surface area (Å²) in [6.45, 7) is 5.48. The van der Waals surface area contributed by atoms with E-state index in [0.29, 0.717) is 46.2 Å². The van der Waals surface area contributed by atoms with Crippen molar-refractivity contribution in [3.8, 4) is 17.2 Å². The molecule has 1 heterocycles. The van der Waals surface area contributed by atoms with Gasteiger partial charge in [-0.05, 0) is 43.9 Å². The molecule has 9 heteroatoms. The number of carbonyl (C=O) groups excluding carboxylic acids is 3. The molecule has 0 spiro atoms. The van der Waals surface area contributed by atoms with Gasteiger partial charge in [0, 0.05) is 22.9 Å². The molecule has 0 fully saturated rings. The normalized spacial score (nSPS) is 22.0.